The summed E-state index contributed by atoms with van der Waals surface area (Å²) in [6.45, 7) is 0.161. The number of aryl methyl sites for hydroxylation is 1. The summed E-state index contributed by atoms with van der Waals surface area (Å²) in [4.78, 5) is 42.1. The molecular formula is C18H14N6O2. The fourth-order valence-corrected chi connectivity index (χ4v) is 2.73. The van der Waals surface area contributed by atoms with Gasteiger partial charge in [0.1, 0.15) is 5.39 Å². The van der Waals surface area contributed by atoms with Crippen molar-refractivity contribution in [1.82, 2.24) is 29.1 Å². The summed E-state index contributed by atoms with van der Waals surface area (Å²) in [7, 11) is 1.59. The maximum Gasteiger partial charge on any atom is 0.332 e. The van der Waals surface area contributed by atoms with Crippen molar-refractivity contribution in [3.05, 3.63) is 81.7 Å². The highest BCUT2D eigenvalue weighted by molar-refractivity contribution is 5.75. The van der Waals surface area contributed by atoms with Crippen LogP contribution in [0.3, 0.4) is 0 Å². The summed E-state index contributed by atoms with van der Waals surface area (Å²) < 4.78 is 2.53. The summed E-state index contributed by atoms with van der Waals surface area (Å²) in [6, 6.07) is 7.11. The number of aromatic nitrogens is 6. The molecule has 8 heteroatoms. The second-order valence-corrected chi connectivity index (χ2v) is 5.76. The van der Waals surface area contributed by atoms with Gasteiger partial charge in [-0.3, -0.25) is 23.9 Å². The molecule has 4 heterocycles. The van der Waals surface area contributed by atoms with Crippen LogP contribution in [0.2, 0.25) is 0 Å². The van der Waals surface area contributed by atoms with Gasteiger partial charge in [0.15, 0.2) is 11.5 Å². The van der Waals surface area contributed by atoms with Crippen LogP contribution < -0.4 is 11.2 Å². The average molecular weight is 346 g/mol. The Morgan fingerprint density at radius 1 is 1.00 bits per heavy atom. The molecule has 0 spiro atoms. The summed E-state index contributed by atoms with van der Waals surface area (Å²) in [5.74, 6) is 0.409. The molecule has 0 unspecified atom stereocenters. The number of hydrogen-bond donors (Lipinski definition) is 0. The smallest absolute Gasteiger partial charge is 0.280 e. The van der Waals surface area contributed by atoms with E-state index in [1.54, 1.807) is 50.0 Å². The minimum absolute atomic E-state index is 0.161. The molecule has 4 aromatic heterocycles. The molecular weight excluding hydrogens is 332 g/mol. The van der Waals surface area contributed by atoms with Gasteiger partial charge in [-0.15, -0.1) is 0 Å². The number of fused-ring (bicyclic) bond motifs is 1. The molecule has 0 bridgehead atoms. The van der Waals surface area contributed by atoms with Crippen molar-refractivity contribution in [2.75, 3.05) is 0 Å². The van der Waals surface area contributed by atoms with Crippen LogP contribution >= 0.6 is 0 Å². The first-order valence-electron chi connectivity index (χ1n) is 7.91. The fourth-order valence-electron chi connectivity index (χ4n) is 2.73. The van der Waals surface area contributed by atoms with Gasteiger partial charge in [0, 0.05) is 43.6 Å². The first-order chi connectivity index (χ1) is 12.6. The summed E-state index contributed by atoms with van der Waals surface area (Å²) in [5, 5.41) is 0.286. The normalized spacial score (nSPS) is 11.0. The predicted molar refractivity (Wildman–Crippen MR) is 95.6 cm³/mol. The number of rotatable bonds is 3. The zero-order chi connectivity index (χ0) is 18.1. The molecule has 0 fully saturated rings. The third-order valence-corrected chi connectivity index (χ3v) is 4.09. The Bertz CT molecular complexity index is 1200. The van der Waals surface area contributed by atoms with Gasteiger partial charge in [0.2, 0.25) is 0 Å². The van der Waals surface area contributed by atoms with Crippen LogP contribution in [0.4, 0.5) is 0 Å². The Morgan fingerprint density at radius 3 is 2.54 bits per heavy atom. The van der Waals surface area contributed by atoms with Crippen molar-refractivity contribution in [3.63, 3.8) is 0 Å². The Balaban J connectivity index is 1.90. The molecule has 0 saturated carbocycles. The second-order valence-electron chi connectivity index (χ2n) is 5.76. The largest absolute Gasteiger partial charge is 0.332 e. The second kappa shape index (κ2) is 6.32. The molecule has 8 nitrogen and oxygen atoms in total. The minimum atomic E-state index is -0.435. The van der Waals surface area contributed by atoms with Crippen LogP contribution in [0, 0.1) is 0 Å². The lowest BCUT2D eigenvalue weighted by Crippen LogP contribution is -2.39. The third kappa shape index (κ3) is 2.67. The van der Waals surface area contributed by atoms with Gasteiger partial charge in [0.25, 0.3) is 5.56 Å². The molecule has 26 heavy (non-hydrogen) atoms. The minimum Gasteiger partial charge on any atom is -0.280 e. The summed E-state index contributed by atoms with van der Waals surface area (Å²) in [6.07, 6.45) is 7.97. The van der Waals surface area contributed by atoms with E-state index in [1.807, 2.05) is 6.07 Å². The maximum absolute atomic E-state index is 12.8. The van der Waals surface area contributed by atoms with E-state index in [1.165, 1.54) is 15.3 Å². The zero-order valence-electron chi connectivity index (χ0n) is 13.9. The standard InChI is InChI=1S/C18H14N6O2/c1-23-16-14(10-21-15(22-16)13-3-2-6-20-9-13)17(25)24(18(23)26)11-12-4-7-19-8-5-12/h2-10H,11H2,1H3. The SMILES string of the molecule is Cn1c(=O)n(Cc2ccncc2)c(=O)c2cnc(-c3cccnc3)nc21. The van der Waals surface area contributed by atoms with Gasteiger partial charge in [-0.05, 0) is 29.8 Å². The lowest BCUT2D eigenvalue weighted by molar-refractivity contribution is 0.655. The summed E-state index contributed by atoms with van der Waals surface area (Å²) in [5.41, 5.74) is 0.960. The highest BCUT2D eigenvalue weighted by Gasteiger charge is 2.14. The van der Waals surface area contributed by atoms with Crippen LogP contribution in [0.25, 0.3) is 22.4 Å². The molecule has 4 aromatic rings. The highest BCUT2D eigenvalue weighted by Crippen LogP contribution is 2.14. The monoisotopic (exact) mass is 346 g/mol. The van der Waals surface area contributed by atoms with Gasteiger partial charge >= 0.3 is 5.69 Å². The van der Waals surface area contributed by atoms with Crippen LogP contribution in [0.1, 0.15) is 5.56 Å². The highest BCUT2D eigenvalue weighted by atomic mass is 16.2. The topological polar surface area (TPSA) is 95.6 Å². The van der Waals surface area contributed by atoms with Crippen molar-refractivity contribution in [2.45, 2.75) is 6.54 Å². The third-order valence-electron chi connectivity index (χ3n) is 4.09. The molecule has 0 aliphatic carbocycles. The Hall–Kier alpha value is -3.68. The van der Waals surface area contributed by atoms with E-state index in [0.717, 1.165) is 5.56 Å². The molecule has 128 valence electrons. The van der Waals surface area contributed by atoms with Crippen LogP contribution in [-0.2, 0) is 13.6 Å². The molecule has 0 radical (unpaired) electrons. The molecule has 0 atom stereocenters. The van der Waals surface area contributed by atoms with Crippen molar-refractivity contribution < 1.29 is 0 Å². The number of hydrogen-bond acceptors (Lipinski definition) is 6. The lowest BCUT2D eigenvalue weighted by Gasteiger charge is -2.10. The van der Waals surface area contributed by atoms with E-state index < -0.39 is 11.2 Å². The van der Waals surface area contributed by atoms with Gasteiger partial charge in [0.05, 0.1) is 6.54 Å². The Morgan fingerprint density at radius 2 is 1.81 bits per heavy atom. The van der Waals surface area contributed by atoms with Gasteiger partial charge in [-0.25, -0.2) is 14.8 Å². The van der Waals surface area contributed by atoms with Crippen LogP contribution in [-0.4, -0.2) is 29.1 Å². The fraction of sp³-hybridized carbons (Fsp3) is 0.111. The molecule has 0 aromatic carbocycles. The first kappa shape index (κ1) is 15.8. The molecule has 0 N–H and O–H groups in total. The number of pyridine rings is 2. The van der Waals surface area contributed by atoms with E-state index in [-0.39, 0.29) is 11.9 Å². The van der Waals surface area contributed by atoms with Crippen LogP contribution in [0.5, 0.6) is 0 Å². The zero-order valence-corrected chi connectivity index (χ0v) is 13.9. The van der Waals surface area contributed by atoms with Crippen molar-refractivity contribution >= 4 is 11.0 Å². The number of nitrogens with zero attached hydrogens (tertiary/aromatic N) is 6. The summed E-state index contributed by atoms with van der Waals surface area (Å²) >= 11 is 0. The molecule has 4 rings (SSSR count). The first-order valence-corrected chi connectivity index (χ1v) is 7.91. The van der Waals surface area contributed by atoms with Crippen molar-refractivity contribution in [2.24, 2.45) is 7.05 Å². The van der Waals surface area contributed by atoms with Gasteiger partial charge < -0.3 is 0 Å². The van der Waals surface area contributed by atoms with E-state index in [9.17, 15) is 9.59 Å². The maximum atomic E-state index is 12.8. The quantitative estimate of drug-likeness (QED) is 0.549. The van der Waals surface area contributed by atoms with Crippen LogP contribution in [0.15, 0.2) is 64.8 Å². The van der Waals surface area contributed by atoms with E-state index in [0.29, 0.717) is 17.0 Å². The Labute approximate surface area is 147 Å². The molecule has 0 saturated heterocycles. The van der Waals surface area contributed by atoms with Crippen molar-refractivity contribution in [3.8, 4) is 11.4 Å². The van der Waals surface area contributed by atoms with Gasteiger partial charge in [-0.1, -0.05) is 0 Å². The van der Waals surface area contributed by atoms with Gasteiger partial charge in [-0.2, -0.15) is 0 Å². The Kier molecular flexibility index (Phi) is 3.85. The predicted octanol–water partition coefficient (Wildman–Crippen LogP) is 0.995. The van der Waals surface area contributed by atoms with Crippen molar-refractivity contribution in [1.29, 1.82) is 0 Å². The van der Waals surface area contributed by atoms with E-state index >= 15 is 0 Å². The van der Waals surface area contributed by atoms with E-state index in [2.05, 4.69) is 19.9 Å². The lowest BCUT2D eigenvalue weighted by atomic mass is 10.2. The molecule has 0 aliphatic heterocycles. The molecule has 0 aliphatic rings. The average Bonchev–Trinajstić information content (AvgIpc) is 2.70. The molecule has 0 amide bonds. The van der Waals surface area contributed by atoms with E-state index in [4.69, 9.17) is 0 Å².